The van der Waals surface area contributed by atoms with Crippen molar-refractivity contribution in [3.8, 4) is 0 Å². The second-order valence-corrected chi connectivity index (χ2v) is 6.19. The minimum absolute atomic E-state index is 0.0739. The molecule has 0 aliphatic heterocycles. The van der Waals surface area contributed by atoms with Crippen molar-refractivity contribution >= 4 is 5.91 Å². The Morgan fingerprint density at radius 3 is 2.71 bits per heavy atom. The van der Waals surface area contributed by atoms with Gasteiger partial charge in [0.15, 0.2) is 0 Å². The number of aryl methyl sites for hydroxylation is 3. The number of hydrogen-bond donors (Lipinski definition) is 2. The van der Waals surface area contributed by atoms with Gasteiger partial charge in [-0.05, 0) is 44.6 Å². The highest BCUT2D eigenvalue weighted by molar-refractivity contribution is 5.75. The SMILES string of the molecule is Cc1cc(C)n(CCC(=O)NCC2CCCCC2CO)n1. The number of nitrogens with zero attached hydrogens (tertiary/aromatic N) is 2. The summed E-state index contributed by atoms with van der Waals surface area (Å²) in [5, 5.41) is 16.8. The number of carbonyl (C=O) groups is 1. The number of amides is 1. The molecule has 2 N–H and O–H groups in total. The molecule has 2 atom stereocenters. The van der Waals surface area contributed by atoms with Gasteiger partial charge in [0.25, 0.3) is 0 Å². The van der Waals surface area contributed by atoms with E-state index in [1.165, 1.54) is 12.8 Å². The molecule has 1 aliphatic carbocycles. The molecule has 1 amide bonds. The monoisotopic (exact) mass is 293 g/mol. The molecule has 2 rings (SSSR count). The largest absolute Gasteiger partial charge is 0.396 e. The van der Waals surface area contributed by atoms with Gasteiger partial charge < -0.3 is 10.4 Å². The van der Waals surface area contributed by atoms with E-state index in [2.05, 4.69) is 10.4 Å². The minimum Gasteiger partial charge on any atom is -0.396 e. The van der Waals surface area contributed by atoms with Crippen LogP contribution in [0.15, 0.2) is 6.07 Å². The number of nitrogens with one attached hydrogen (secondary N) is 1. The summed E-state index contributed by atoms with van der Waals surface area (Å²) in [5.41, 5.74) is 2.08. The summed E-state index contributed by atoms with van der Waals surface area (Å²) in [6.45, 7) is 5.53. The highest BCUT2D eigenvalue weighted by atomic mass is 16.3. The van der Waals surface area contributed by atoms with Crippen molar-refractivity contribution in [2.75, 3.05) is 13.2 Å². The molecule has 1 heterocycles. The molecule has 0 aromatic carbocycles. The lowest BCUT2D eigenvalue weighted by Gasteiger charge is -2.30. The molecule has 0 spiro atoms. The Bertz CT molecular complexity index is 470. The molecule has 0 saturated heterocycles. The maximum Gasteiger partial charge on any atom is 0.221 e. The molecule has 21 heavy (non-hydrogen) atoms. The molecule has 1 fully saturated rings. The van der Waals surface area contributed by atoms with Crippen molar-refractivity contribution in [2.24, 2.45) is 11.8 Å². The highest BCUT2D eigenvalue weighted by Crippen LogP contribution is 2.29. The Morgan fingerprint density at radius 2 is 2.10 bits per heavy atom. The Labute approximate surface area is 126 Å². The van der Waals surface area contributed by atoms with Crippen LogP contribution >= 0.6 is 0 Å². The number of aliphatic hydroxyl groups excluding tert-OH is 1. The van der Waals surface area contributed by atoms with E-state index >= 15 is 0 Å². The van der Waals surface area contributed by atoms with E-state index in [1.54, 1.807) is 0 Å². The van der Waals surface area contributed by atoms with E-state index in [4.69, 9.17) is 0 Å². The smallest absolute Gasteiger partial charge is 0.221 e. The molecule has 0 radical (unpaired) electrons. The number of hydrogen-bond acceptors (Lipinski definition) is 3. The van der Waals surface area contributed by atoms with Gasteiger partial charge in [-0.3, -0.25) is 9.48 Å². The van der Waals surface area contributed by atoms with Crippen LogP contribution in [0.4, 0.5) is 0 Å². The maximum absolute atomic E-state index is 12.0. The van der Waals surface area contributed by atoms with Gasteiger partial charge in [-0.1, -0.05) is 12.8 Å². The van der Waals surface area contributed by atoms with Gasteiger partial charge in [-0.15, -0.1) is 0 Å². The summed E-state index contributed by atoms with van der Waals surface area (Å²) in [6.07, 6.45) is 5.07. The van der Waals surface area contributed by atoms with Gasteiger partial charge in [-0.2, -0.15) is 5.10 Å². The van der Waals surface area contributed by atoms with Gasteiger partial charge in [0, 0.05) is 31.8 Å². The Morgan fingerprint density at radius 1 is 1.38 bits per heavy atom. The van der Waals surface area contributed by atoms with Crippen LogP contribution in [-0.2, 0) is 11.3 Å². The lowest BCUT2D eigenvalue weighted by Crippen LogP contribution is -2.35. The Balaban J connectivity index is 1.73. The molecular formula is C16H27N3O2. The zero-order valence-electron chi connectivity index (χ0n) is 13.1. The third-order valence-corrected chi connectivity index (χ3v) is 4.52. The fourth-order valence-electron chi connectivity index (χ4n) is 3.24. The molecule has 5 nitrogen and oxygen atoms in total. The molecule has 1 aromatic rings. The third kappa shape index (κ3) is 4.56. The van der Waals surface area contributed by atoms with E-state index in [0.717, 1.165) is 24.2 Å². The van der Waals surface area contributed by atoms with Crippen LogP contribution in [-0.4, -0.2) is 33.9 Å². The first-order valence-corrected chi connectivity index (χ1v) is 7.98. The van der Waals surface area contributed by atoms with Gasteiger partial charge in [0.1, 0.15) is 0 Å². The number of rotatable bonds is 6. The zero-order valence-corrected chi connectivity index (χ0v) is 13.1. The quantitative estimate of drug-likeness (QED) is 0.840. The zero-order chi connectivity index (χ0) is 15.2. The first-order valence-electron chi connectivity index (χ1n) is 7.98. The van der Waals surface area contributed by atoms with Crippen LogP contribution in [0, 0.1) is 25.7 Å². The lowest BCUT2D eigenvalue weighted by molar-refractivity contribution is -0.121. The summed E-state index contributed by atoms with van der Waals surface area (Å²) in [6, 6.07) is 2.02. The van der Waals surface area contributed by atoms with Gasteiger partial charge >= 0.3 is 0 Å². The predicted octanol–water partition coefficient (Wildman–Crippen LogP) is 1.80. The Kier molecular flexibility index (Phi) is 5.79. The highest BCUT2D eigenvalue weighted by Gasteiger charge is 2.24. The fourth-order valence-corrected chi connectivity index (χ4v) is 3.24. The van der Waals surface area contributed by atoms with Crippen molar-refractivity contribution in [1.82, 2.24) is 15.1 Å². The van der Waals surface area contributed by atoms with Crippen molar-refractivity contribution in [2.45, 2.75) is 52.5 Å². The molecule has 118 valence electrons. The van der Waals surface area contributed by atoms with Crippen LogP contribution in [0.3, 0.4) is 0 Å². The van der Waals surface area contributed by atoms with Crippen molar-refractivity contribution in [3.63, 3.8) is 0 Å². The average molecular weight is 293 g/mol. The molecule has 1 aliphatic rings. The van der Waals surface area contributed by atoms with E-state index in [1.807, 2.05) is 24.6 Å². The van der Waals surface area contributed by atoms with Gasteiger partial charge in [0.05, 0.1) is 5.69 Å². The topological polar surface area (TPSA) is 67.2 Å². The van der Waals surface area contributed by atoms with E-state index < -0.39 is 0 Å². The van der Waals surface area contributed by atoms with Gasteiger partial charge in [0.2, 0.25) is 5.91 Å². The molecule has 1 aromatic heterocycles. The second-order valence-electron chi connectivity index (χ2n) is 6.19. The van der Waals surface area contributed by atoms with Crippen molar-refractivity contribution in [3.05, 3.63) is 17.5 Å². The van der Waals surface area contributed by atoms with Crippen LogP contribution in [0.5, 0.6) is 0 Å². The molecule has 2 unspecified atom stereocenters. The number of aliphatic hydroxyl groups is 1. The normalized spacial score (nSPS) is 22.2. The number of aromatic nitrogens is 2. The first kappa shape index (κ1) is 16.0. The minimum atomic E-state index is 0.0739. The first-order chi connectivity index (χ1) is 10.1. The number of carbonyl (C=O) groups excluding carboxylic acids is 1. The second kappa shape index (κ2) is 7.59. The van der Waals surface area contributed by atoms with Crippen LogP contribution in [0.1, 0.15) is 43.5 Å². The summed E-state index contributed by atoms with van der Waals surface area (Å²) >= 11 is 0. The van der Waals surface area contributed by atoms with Crippen molar-refractivity contribution < 1.29 is 9.90 Å². The average Bonchev–Trinajstić information content (AvgIpc) is 2.81. The standard InChI is InChI=1S/C16H27N3O2/c1-12-9-13(2)19(18-12)8-7-16(21)17-10-14-5-3-4-6-15(14)11-20/h9,14-15,20H,3-8,10-11H2,1-2H3,(H,17,21). The Hall–Kier alpha value is -1.36. The van der Waals surface area contributed by atoms with Crippen molar-refractivity contribution in [1.29, 1.82) is 0 Å². The van der Waals surface area contributed by atoms with Crippen LogP contribution < -0.4 is 5.32 Å². The predicted molar refractivity (Wildman–Crippen MR) is 81.9 cm³/mol. The lowest BCUT2D eigenvalue weighted by atomic mass is 9.79. The van der Waals surface area contributed by atoms with E-state index in [0.29, 0.717) is 31.3 Å². The van der Waals surface area contributed by atoms with Crippen LogP contribution in [0.25, 0.3) is 0 Å². The summed E-state index contributed by atoms with van der Waals surface area (Å²) < 4.78 is 1.88. The molecule has 0 bridgehead atoms. The summed E-state index contributed by atoms with van der Waals surface area (Å²) in [7, 11) is 0. The maximum atomic E-state index is 12.0. The van der Waals surface area contributed by atoms with E-state index in [-0.39, 0.29) is 12.5 Å². The molecule has 1 saturated carbocycles. The van der Waals surface area contributed by atoms with Gasteiger partial charge in [-0.25, -0.2) is 0 Å². The fraction of sp³-hybridized carbons (Fsp3) is 0.750. The summed E-state index contributed by atoms with van der Waals surface area (Å²) in [4.78, 5) is 12.0. The van der Waals surface area contributed by atoms with Crippen LogP contribution in [0.2, 0.25) is 0 Å². The molecule has 5 heteroatoms. The third-order valence-electron chi connectivity index (χ3n) is 4.52. The summed E-state index contributed by atoms with van der Waals surface area (Å²) in [5.74, 6) is 0.862. The molecular weight excluding hydrogens is 266 g/mol. The van der Waals surface area contributed by atoms with E-state index in [9.17, 15) is 9.90 Å².